The molecule has 1 N–H and O–H groups in total. The maximum atomic E-state index is 13.3. The molecule has 3 nitrogen and oxygen atoms in total. The van der Waals surface area contributed by atoms with E-state index in [4.69, 9.17) is 0 Å². The second kappa shape index (κ2) is 7.24. The summed E-state index contributed by atoms with van der Waals surface area (Å²) in [7, 11) is 0. The number of amides is 1. The number of carbonyl (C=O) groups excluding carboxylic acids is 1. The number of fused-ring (bicyclic) bond motifs is 1. The van der Waals surface area contributed by atoms with Crippen molar-refractivity contribution in [3.63, 3.8) is 0 Å². The molecule has 4 rings (SSSR count). The van der Waals surface area contributed by atoms with Gasteiger partial charge in [-0.15, -0.1) is 0 Å². The fraction of sp³-hybridized carbons (Fsp3) is 0.435. The van der Waals surface area contributed by atoms with Crippen molar-refractivity contribution in [2.45, 2.75) is 57.7 Å². The molecule has 1 saturated heterocycles. The molecule has 1 spiro atoms. The number of likely N-dealkylation sites (tertiary alicyclic amines) is 1. The molecule has 1 unspecified atom stereocenters. The minimum absolute atomic E-state index is 0.211. The molecule has 1 fully saturated rings. The average Bonchev–Trinajstić information content (AvgIpc) is 2.82. The van der Waals surface area contributed by atoms with E-state index in [1.165, 1.54) is 28.7 Å². The van der Waals surface area contributed by atoms with Gasteiger partial charge in [-0.2, -0.15) is 0 Å². The first-order chi connectivity index (χ1) is 12.7. The highest BCUT2D eigenvalue weighted by Gasteiger charge is 2.46. The minimum atomic E-state index is -0.411. The van der Waals surface area contributed by atoms with Crippen molar-refractivity contribution in [1.82, 2.24) is 10.2 Å². The molecule has 136 valence electrons. The smallest absolute Gasteiger partial charge is 0.241 e. The van der Waals surface area contributed by atoms with Gasteiger partial charge < -0.3 is 5.32 Å². The Morgan fingerprint density at radius 1 is 1.00 bits per heavy atom. The quantitative estimate of drug-likeness (QED) is 0.914. The predicted molar refractivity (Wildman–Crippen MR) is 105 cm³/mol. The van der Waals surface area contributed by atoms with Crippen molar-refractivity contribution in [2.24, 2.45) is 0 Å². The third kappa shape index (κ3) is 3.05. The number of carbonyl (C=O) groups is 1. The van der Waals surface area contributed by atoms with Crippen molar-refractivity contribution in [1.29, 1.82) is 0 Å². The van der Waals surface area contributed by atoms with E-state index in [1.54, 1.807) is 0 Å². The van der Waals surface area contributed by atoms with Gasteiger partial charge in [0.1, 0.15) is 5.54 Å². The first-order valence-electron chi connectivity index (χ1n) is 9.90. The Hall–Kier alpha value is -2.13. The van der Waals surface area contributed by atoms with Gasteiger partial charge in [-0.25, -0.2) is 0 Å². The van der Waals surface area contributed by atoms with E-state index in [0.717, 1.165) is 38.8 Å². The van der Waals surface area contributed by atoms with Gasteiger partial charge in [0.25, 0.3) is 0 Å². The van der Waals surface area contributed by atoms with E-state index in [9.17, 15) is 4.79 Å². The Morgan fingerprint density at radius 3 is 2.54 bits per heavy atom. The maximum Gasteiger partial charge on any atom is 0.241 e. The number of nitrogens with zero attached hydrogens (tertiary/aromatic N) is 1. The zero-order valence-electron chi connectivity index (χ0n) is 15.6. The van der Waals surface area contributed by atoms with Crippen LogP contribution in [0.3, 0.4) is 0 Å². The molecule has 2 aliphatic heterocycles. The van der Waals surface area contributed by atoms with Crippen LogP contribution in [0, 0.1) is 0 Å². The van der Waals surface area contributed by atoms with Gasteiger partial charge >= 0.3 is 0 Å². The second-order valence-electron chi connectivity index (χ2n) is 7.66. The van der Waals surface area contributed by atoms with Crippen LogP contribution in [-0.2, 0) is 30.7 Å². The molecule has 2 aromatic carbocycles. The predicted octanol–water partition coefficient (Wildman–Crippen LogP) is 3.85. The van der Waals surface area contributed by atoms with Gasteiger partial charge in [-0.3, -0.25) is 9.69 Å². The molecule has 2 aliphatic rings. The molecule has 1 amide bonds. The molecule has 2 aromatic rings. The van der Waals surface area contributed by atoms with Crippen LogP contribution in [0.15, 0.2) is 48.5 Å². The molecule has 0 aliphatic carbocycles. The molecule has 3 heteroatoms. The van der Waals surface area contributed by atoms with Crippen LogP contribution in [0.5, 0.6) is 0 Å². The van der Waals surface area contributed by atoms with Crippen molar-refractivity contribution in [3.8, 4) is 0 Å². The fourth-order valence-corrected chi connectivity index (χ4v) is 4.68. The van der Waals surface area contributed by atoms with Crippen LogP contribution in [0.25, 0.3) is 0 Å². The Kier molecular flexibility index (Phi) is 4.82. The number of nitrogens with one attached hydrogen (secondary N) is 1. The van der Waals surface area contributed by atoms with E-state index in [2.05, 4.69) is 65.7 Å². The summed E-state index contributed by atoms with van der Waals surface area (Å²) >= 11 is 0. The number of hydrogen-bond donors (Lipinski definition) is 1. The van der Waals surface area contributed by atoms with E-state index in [1.807, 2.05) is 0 Å². The third-order valence-electron chi connectivity index (χ3n) is 6.20. The summed E-state index contributed by atoms with van der Waals surface area (Å²) in [6, 6.07) is 17.2. The van der Waals surface area contributed by atoms with Crippen molar-refractivity contribution in [2.75, 3.05) is 6.54 Å². The van der Waals surface area contributed by atoms with Gasteiger partial charge in [-0.05, 0) is 54.5 Å². The molecule has 0 radical (unpaired) electrons. The summed E-state index contributed by atoms with van der Waals surface area (Å²) in [4.78, 5) is 15.7. The van der Waals surface area contributed by atoms with Crippen LogP contribution in [-0.4, -0.2) is 22.9 Å². The van der Waals surface area contributed by atoms with Gasteiger partial charge in [0, 0.05) is 19.5 Å². The molecular weight excluding hydrogens is 320 g/mol. The van der Waals surface area contributed by atoms with Gasteiger partial charge in [0.15, 0.2) is 0 Å². The van der Waals surface area contributed by atoms with Crippen LogP contribution in [0.4, 0.5) is 0 Å². The zero-order valence-corrected chi connectivity index (χ0v) is 15.6. The summed E-state index contributed by atoms with van der Waals surface area (Å²) in [5, 5.41) is 3.23. The van der Waals surface area contributed by atoms with E-state index >= 15 is 0 Å². The summed E-state index contributed by atoms with van der Waals surface area (Å²) in [5.74, 6) is 0.211. The largest absolute Gasteiger partial charge is 0.350 e. The van der Waals surface area contributed by atoms with Crippen LogP contribution >= 0.6 is 0 Å². The normalized spacial score (nSPS) is 23.3. The Morgan fingerprint density at radius 2 is 1.73 bits per heavy atom. The molecule has 2 heterocycles. The zero-order chi connectivity index (χ0) is 18.0. The first-order valence-corrected chi connectivity index (χ1v) is 9.90. The van der Waals surface area contributed by atoms with Gasteiger partial charge in [0.2, 0.25) is 5.91 Å². The Balaban J connectivity index is 1.70. The van der Waals surface area contributed by atoms with E-state index < -0.39 is 5.54 Å². The number of benzene rings is 2. The summed E-state index contributed by atoms with van der Waals surface area (Å²) < 4.78 is 0. The summed E-state index contributed by atoms with van der Waals surface area (Å²) in [6.45, 7) is 4.71. The molecular formula is C23H28N2O. The lowest BCUT2D eigenvalue weighted by molar-refractivity contribution is -0.136. The monoisotopic (exact) mass is 348 g/mol. The fourth-order valence-electron chi connectivity index (χ4n) is 4.68. The molecule has 0 bridgehead atoms. The SMILES string of the molecule is CCc1ccccc1CN1CCCCC12Cc1ccccc1CNC2=O. The molecule has 26 heavy (non-hydrogen) atoms. The van der Waals surface area contributed by atoms with Gasteiger partial charge in [-0.1, -0.05) is 55.5 Å². The highest BCUT2D eigenvalue weighted by molar-refractivity contribution is 5.87. The highest BCUT2D eigenvalue weighted by Crippen LogP contribution is 2.36. The van der Waals surface area contributed by atoms with Crippen molar-refractivity contribution < 1.29 is 4.79 Å². The van der Waals surface area contributed by atoms with E-state index in [-0.39, 0.29) is 5.91 Å². The van der Waals surface area contributed by atoms with Crippen LogP contribution < -0.4 is 5.32 Å². The maximum absolute atomic E-state index is 13.3. The van der Waals surface area contributed by atoms with E-state index in [0.29, 0.717) is 6.54 Å². The second-order valence-corrected chi connectivity index (χ2v) is 7.66. The lowest BCUT2D eigenvalue weighted by Gasteiger charge is -2.45. The number of piperidine rings is 1. The lowest BCUT2D eigenvalue weighted by atomic mass is 9.80. The molecule has 0 saturated carbocycles. The minimum Gasteiger partial charge on any atom is -0.350 e. The number of rotatable bonds is 3. The standard InChI is InChI=1S/C23H28N2O/c1-2-18-9-3-6-12-21(18)17-25-14-8-7-13-23(25)15-19-10-4-5-11-20(19)16-24-22(23)26/h3-6,9-12H,2,7-8,13-17H2,1H3,(H,24,26). The number of aryl methyl sites for hydroxylation is 1. The Labute approximate surface area is 156 Å². The summed E-state index contributed by atoms with van der Waals surface area (Å²) in [6.07, 6.45) is 5.10. The first kappa shape index (κ1) is 17.3. The van der Waals surface area contributed by atoms with Crippen LogP contribution in [0.2, 0.25) is 0 Å². The van der Waals surface area contributed by atoms with Crippen molar-refractivity contribution >= 4 is 5.91 Å². The van der Waals surface area contributed by atoms with Crippen LogP contribution in [0.1, 0.15) is 48.4 Å². The van der Waals surface area contributed by atoms with Crippen molar-refractivity contribution in [3.05, 3.63) is 70.8 Å². The number of hydrogen-bond acceptors (Lipinski definition) is 2. The molecule has 0 aromatic heterocycles. The lowest BCUT2D eigenvalue weighted by Crippen LogP contribution is -2.60. The molecule has 1 atom stereocenters. The Bertz CT molecular complexity index is 800. The van der Waals surface area contributed by atoms with Gasteiger partial charge in [0.05, 0.1) is 0 Å². The summed E-state index contributed by atoms with van der Waals surface area (Å²) in [5.41, 5.74) is 4.93. The highest BCUT2D eigenvalue weighted by atomic mass is 16.2. The third-order valence-corrected chi connectivity index (χ3v) is 6.20. The average molecular weight is 348 g/mol. The topological polar surface area (TPSA) is 32.3 Å².